The molecular formula is C22H30N2O4. The maximum absolute atomic E-state index is 12.9. The Hall–Kier alpha value is -2.05. The van der Waals surface area contributed by atoms with Crippen LogP contribution in [0.2, 0.25) is 0 Å². The van der Waals surface area contributed by atoms with E-state index in [9.17, 15) is 15.0 Å². The minimum absolute atomic E-state index is 0.113. The van der Waals surface area contributed by atoms with Gasteiger partial charge in [-0.25, -0.2) is 0 Å². The van der Waals surface area contributed by atoms with Crippen LogP contribution in [0.5, 0.6) is 5.75 Å². The van der Waals surface area contributed by atoms with Gasteiger partial charge in [0.2, 0.25) is 0 Å². The number of aromatic hydroxyl groups is 1. The minimum Gasteiger partial charge on any atom is -0.507 e. The van der Waals surface area contributed by atoms with E-state index >= 15 is 0 Å². The summed E-state index contributed by atoms with van der Waals surface area (Å²) in [5.74, 6) is 0.517. The molecule has 0 atom stereocenters. The van der Waals surface area contributed by atoms with Gasteiger partial charge in [0.25, 0.3) is 5.91 Å². The number of fused-ring (bicyclic) bond motifs is 1. The van der Waals surface area contributed by atoms with Gasteiger partial charge >= 0.3 is 0 Å². The van der Waals surface area contributed by atoms with Gasteiger partial charge in [-0.3, -0.25) is 4.79 Å². The molecule has 4 rings (SSSR count). The van der Waals surface area contributed by atoms with Crippen molar-refractivity contribution < 1.29 is 19.7 Å². The van der Waals surface area contributed by atoms with Crippen LogP contribution in [0.4, 0.5) is 0 Å². The number of aromatic nitrogens is 1. The number of aryl methyl sites for hydroxylation is 1. The first kappa shape index (κ1) is 19.3. The van der Waals surface area contributed by atoms with E-state index in [0.717, 1.165) is 5.52 Å². The van der Waals surface area contributed by atoms with E-state index in [1.165, 1.54) is 38.5 Å². The Labute approximate surface area is 165 Å². The summed E-state index contributed by atoms with van der Waals surface area (Å²) in [5, 5.41) is 24.4. The molecule has 1 saturated carbocycles. The van der Waals surface area contributed by atoms with Crippen molar-refractivity contribution in [1.29, 1.82) is 0 Å². The van der Waals surface area contributed by atoms with E-state index in [0.29, 0.717) is 49.6 Å². The molecule has 0 radical (unpaired) electrons. The highest BCUT2D eigenvalue weighted by atomic mass is 16.5. The van der Waals surface area contributed by atoms with E-state index in [-0.39, 0.29) is 11.7 Å². The predicted octanol–water partition coefficient (Wildman–Crippen LogP) is 3.20. The minimum atomic E-state index is -0.782. The molecule has 1 aromatic heterocycles. The summed E-state index contributed by atoms with van der Waals surface area (Å²) >= 11 is 0. The number of nitrogens with zero attached hydrogens (tertiary/aromatic N) is 1. The highest BCUT2D eigenvalue weighted by molar-refractivity contribution is 6.09. The molecule has 28 heavy (non-hydrogen) atoms. The molecule has 2 aromatic rings. The number of benzene rings is 1. The van der Waals surface area contributed by atoms with Gasteiger partial charge in [-0.2, -0.15) is 0 Å². The second-order valence-electron chi connectivity index (χ2n) is 8.44. The maximum Gasteiger partial charge on any atom is 0.253 e. The lowest BCUT2D eigenvalue weighted by Gasteiger charge is -2.36. The quantitative estimate of drug-likeness (QED) is 0.666. The molecule has 1 aromatic carbocycles. The highest BCUT2D eigenvalue weighted by Gasteiger charge is 2.35. The predicted molar refractivity (Wildman–Crippen MR) is 108 cm³/mol. The first-order valence-corrected chi connectivity index (χ1v) is 10.4. The summed E-state index contributed by atoms with van der Waals surface area (Å²) in [6, 6.07) is 5.29. The Morgan fingerprint density at radius 3 is 2.64 bits per heavy atom. The van der Waals surface area contributed by atoms with Crippen molar-refractivity contribution in [2.45, 2.75) is 57.1 Å². The van der Waals surface area contributed by atoms with E-state index < -0.39 is 5.60 Å². The Bertz CT molecular complexity index is 832. The van der Waals surface area contributed by atoms with Crippen LogP contribution in [0.1, 0.15) is 55.3 Å². The Kier molecular flexibility index (Phi) is 5.60. The zero-order valence-corrected chi connectivity index (χ0v) is 16.3. The number of phenolic OH excluding ortho intramolecular Hbond substituents is 1. The molecule has 2 heterocycles. The molecule has 3 N–H and O–H groups in total. The Morgan fingerprint density at radius 1 is 1.21 bits per heavy atom. The molecule has 1 aliphatic carbocycles. The maximum atomic E-state index is 12.9. The normalized spacial score (nSPS) is 19.9. The molecule has 0 unspecified atom stereocenters. The summed E-state index contributed by atoms with van der Waals surface area (Å²) in [6.07, 6.45) is 9.78. The molecule has 1 amide bonds. The van der Waals surface area contributed by atoms with Crippen molar-refractivity contribution in [3.63, 3.8) is 0 Å². The average Bonchev–Trinajstić information content (AvgIpc) is 2.85. The van der Waals surface area contributed by atoms with Crippen LogP contribution < -0.4 is 5.32 Å². The van der Waals surface area contributed by atoms with E-state index in [1.54, 1.807) is 18.3 Å². The third-order valence-electron chi connectivity index (χ3n) is 6.21. The number of rotatable bonds is 6. The van der Waals surface area contributed by atoms with Gasteiger partial charge in [0, 0.05) is 19.3 Å². The number of amides is 1. The fraction of sp³-hybridized carbons (Fsp3) is 0.591. The summed E-state index contributed by atoms with van der Waals surface area (Å²) in [4.78, 5) is 12.9. The topological polar surface area (TPSA) is 83.7 Å². The van der Waals surface area contributed by atoms with Crippen molar-refractivity contribution in [2.75, 3.05) is 19.8 Å². The number of aliphatic hydroxyl groups is 1. The zero-order chi connectivity index (χ0) is 19.6. The van der Waals surface area contributed by atoms with E-state index in [4.69, 9.17) is 4.74 Å². The molecule has 0 spiro atoms. The molecule has 6 heteroatoms. The zero-order valence-electron chi connectivity index (χ0n) is 16.3. The van der Waals surface area contributed by atoms with Crippen LogP contribution in [0.3, 0.4) is 0 Å². The number of nitrogens with one attached hydrogen (secondary N) is 1. The van der Waals surface area contributed by atoms with Crippen molar-refractivity contribution in [2.24, 2.45) is 5.92 Å². The largest absolute Gasteiger partial charge is 0.507 e. The van der Waals surface area contributed by atoms with Crippen molar-refractivity contribution in [3.8, 4) is 5.75 Å². The number of carbonyl (C=O) groups is 1. The number of hydrogen-bond acceptors (Lipinski definition) is 4. The fourth-order valence-corrected chi connectivity index (χ4v) is 4.40. The average molecular weight is 386 g/mol. The number of hydrogen-bond donors (Lipinski definition) is 3. The lowest BCUT2D eigenvalue weighted by atomic mass is 9.98. The van der Waals surface area contributed by atoms with Gasteiger partial charge in [0.05, 0.1) is 29.7 Å². The van der Waals surface area contributed by atoms with Crippen LogP contribution in [-0.4, -0.2) is 46.0 Å². The smallest absolute Gasteiger partial charge is 0.253 e. The lowest BCUT2D eigenvalue weighted by molar-refractivity contribution is -0.182. The third-order valence-corrected chi connectivity index (χ3v) is 6.21. The van der Waals surface area contributed by atoms with Gasteiger partial charge < -0.3 is 24.8 Å². The monoisotopic (exact) mass is 386 g/mol. The van der Waals surface area contributed by atoms with E-state index in [2.05, 4.69) is 5.32 Å². The van der Waals surface area contributed by atoms with Crippen molar-refractivity contribution in [3.05, 3.63) is 30.0 Å². The number of ether oxygens (including phenoxy) is 1. The SMILES string of the molecule is O=C(NCC1CCCCCC1)c1cn(CCC2(O)COC2)c2cccc(O)c12. The Morgan fingerprint density at radius 2 is 1.96 bits per heavy atom. The Balaban J connectivity index is 1.51. The molecule has 1 saturated heterocycles. The van der Waals surface area contributed by atoms with Crippen molar-refractivity contribution >= 4 is 16.8 Å². The second-order valence-corrected chi connectivity index (χ2v) is 8.44. The van der Waals surface area contributed by atoms with Crippen LogP contribution in [-0.2, 0) is 11.3 Å². The fourth-order valence-electron chi connectivity index (χ4n) is 4.40. The molecule has 6 nitrogen and oxygen atoms in total. The van der Waals surface area contributed by atoms with Crippen LogP contribution in [0.25, 0.3) is 10.9 Å². The summed E-state index contributed by atoms with van der Waals surface area (Å²) in [5.41, 5.74) is 0.525. The van der Waals surface area contributed by atoms with Crippen LogP contribution >= 0.6 is 0 Å². The molecule has 1 aliphatic heterocycles. The van der Waals surface area contributed by atoms with Crippen LogP contribution in [0.15, 0.2) is 24.4 Å². The van der Waals surface area contributed by atoms with Crippen LogP contribution in [0, 0.1) is 5.92 Å². The molecule has 2 fully saturated rings. The molecular weight excluding hydrogens is 356 g/mol. The van der Waals surface area contributed by atoms with Gasteiger partial charge in [-0.1, -0.05) is 31.7 Å². The standard InChI is InChI=1S/C22H30N2O4/c25-19-9-5-8-18-20(19)17(13-24(18)11-10-22(27)14-28-15-22)21(26)23-12-16-6-3-1-2-4-7-16/h5,8-9,13,16,25,27H,1-4,6-7,10-12,14-15H2,(H,23,26). The third kappa shape index (κ3) is 4.03. The second kappa shape index (κ2) is 8.13. The summed E-state index contributed by atoms with van der Waals surface area (Å²) in [7, 11) is 0. The lowest BCUT2D eigenvalue weighted by Crippen LogP contribution is -2.50. The van der Waals surface area contributed by atoms with Gasteiger partial charge in [0.1, 0.15) is 11.4 Å². The van der Waals surface area contributed by atoms with E-state index in [1.807, 2.05) is 10.6 Å². The van der Waals surface area contributed by atoms with Gasteiger partial charge in [-0.15, -0.1) is 0 Å². The first-order chi connectivity index (χ1) is 13.6. The first-order valence-electron chi connectivity index (χ1n) is 10.4. The number of phenols is 1. The van der Waals surface area contributed by atoms with Gasteiger partial charge in [0.15, 0.2) is 0 Å². The van der Waals surface area contributed by atoms with Gasteiger partial charge in [-0.05, 0) is 37.3 Å². The molecule has 0 bridgehead atoms. The number of carbonyl (C=O) groups excluding carboxylic acids is 1. The molecule has 152 valence electrons. The van der Waals surface area contributed by atoms with Crippen molar-refractivity contribution in [1.82, 2.24) is 9.88 Å². The highest BCUT2D eigenvalue weighted by Crippen LogP contribution is 2.31. The summed E-state index contributed by atoms with van der Waals surface area (Å²) < 4.78 is 7.06. The summed E-state index contributed by atoms with van der Waals surface area (Å²) in [6.45, 7) is 1.96. The molecule has 2 aliphatic rings.